The van der Waals surface area contributed by atoms with Gasteiger partial charge in [-0.25, -0.2) is 4.79 Å². The topological polar surface area (TPSA) is 95.5 Å². The van der Waals surface area contributed by atoms with E-state index in [-0.39, 0.29) is 12.3 Å². The Morgan fingerprint density at radius 2 is 1.45 bits per heavy atom. The van der Waals surface area contributed by atoms with Crippen LogP contribution in [0.5, 0.6) is 0 Å². The van der Waals surface area contributed by atoms with E-state index in [1.807, 2.05) is 69.7 Å². The van der Waals surface area contributed by atoms with Crippen LogP contribution in [0.15, 0.2) is 54.6 Å². The van der Waals surface area contributed by atoms with Crippen LogP contribution in [-0.4, -0.2) is 62.0 Å². The highest BCUT2D eigenvalue weighted by molar-refractivity contribution is 7.85. The van der Waals surface area contributed by atoms with E-state index in [1.54, 1.807) is 0 Å². The number of hydrogen-bond acceptors (Lipinski definition) is 3. The van der Waals surface area contributed by atoms with Gasteiger partial charge in [0, 0.05) is 29.3 Å². The third-order valence-corrected chi connectivity index (χ3v) is 4.96. The summed E-state index contributed by atoms with van der Waals surface area (Å²) in [6.07, 6.45) is 0.376. The minimum Gasteiger partial charge on any atom is -0.477 e. The third kappa shape index (κ3) is 7.41. The molecule has 0 aliphatic rings. The first-order valence-electron chi connectivity index (χ1n) is 9.24. The summed E-state index contributed by atoms with van der Waals surface area (Å²) in [5.74, 6) is -0.977. The molecule has 3 aromatic rings. The summed E-state index contributed by atoms with van der Waals surface area (Å²) in [6.45, 7) is 0.724. The number of nitrogens with zero attached hydrogens (tertiary/aromatic N) is 2. The first-order valence-corrected chi connectivity index (χ1v) is 10.8. The van der Waals surface area contributed by atoms with Crippen molar-refractivity contribution in [2.75, 3.05) is 33.4 Å². The lowest BCUT2D eigenvalue weighted by molar-refractivity contribution is -0.862. The molecule has 0 spiro atoms. The number of hydrogen-bond donors (Lipinski definition) is 2. The quantitative estimate of drug-likeness (QED) is 0.276. The van der Waals surface area contributed by atoms with Crippen molar-refractivity contribution in [3.8, 4) is 0 Å². The molecule has 3 rings (SSSR count). The lowest BCUT2D eigenvalue weighted by atomic mass is 10.1. The van der Waals surface area contributed by atoms with Gasteiger partial charge in [0.1, 0.15) is 0 Å². The highest BCUT2D eigenvalue weighted by Crippen LogP contribution is 2.18. The van der Waals surface area contributed by atoms with E-state index in [9.17, 15) is 13.2 Å². The highest BCUT2D eigenvalue weighted by atomic mass is 32.2. The van der Waals surface area contributed by atoms with Crippen LogP contribution >= 0.6 is 0 Å². The van der Waals surface area contributed by atoms with Crippen molar-refractivity contribution in [1.29, 1.82) is 0 Å². The number of likely N-dealkylation sites (N-methyl/N-ethyl adjacent to an activating group) is 1. The van der Waals surface area contributed by atoms with Crippen LogP contribution in [0.3, 0.4) is 0 Å². The number of aliphatic carboxylic acids is 1. The number of aryl methyl sites for hydroxylation is 1. The molecule has 0 saturated heterocycles. The van der Waals surface area contributed by atoms with Crippen LogP contribution in [0.25, 0.3) is 21.8 Å². The Kier molecular flexibility index (Phi) is 7.29. The predicted octanol–water partition coefficient (Wildman–Crippen LogP) is 2.34. The minimum absolute atomic E-state index is 0.181. The molecule has 7 nitrogen and oxygen atoms in total. The number of pyridine rings is 1. The van der Waals surface area contributed by atoms with E-state index in [4.69, 9.17) is 9.66 Å². The first kappa shape index (κ1) is 22.7. The number of quaternary nitrogens is 1. The average molecular weight is 421 g/mol. The fourth-order valence-corrected chi connectivity index (χ4v) is 3.55. The molecular formula is C21H28N2O5S+2. The summed E-state index contributed by atoms with van der Waals surface area (Å²) in [7, 11) is 1.61. The molecule has 8 heteroatoms. The van der Waals surface area contributed by atoms with Gasteiger partial charge in [0.05, 0.1) is 26.9 Å². The summed E-state index contributed by atoms with van der Waals surface area (Å²) in [4.78, 5) is 10.00. The maximum Gasteiger partial charge on any atom is 0.359 e. The molecular weight excluding hydrogens is 392 g/mol. The molecule has 2 N–H and O–H groups in total. The van der Waals surface area contributed by atoms with Gasteiger partial charge in [-0.05, 0) is 18.2 Å². The van der Waals surface area contributed by atoms with Gasteiger partial charge in [-0.2, -0.15) is 13.0 Å². The number of rotatable bonds is 6. The van der Waals surface area contributed by atoms with E-state index < -0.39 is 16.1 Å². The monoisotopic (exact) mass is 420 g/mol. The lowest BCUT2D eigenvalue weighted by Gasteiger charge is -2.20. The van der Waals surface area contributed by atoms with Crippen molar-refractivity contribution in [2.45, 2.75) is 13.0 Å². The van der Waals surface area contributed by atoms with E-state index >= 15 is 0 Å². The van der Waals surface area contributed by atoms with Gasteiger partial charge in [0.2, 0.25) is 11.0 Å². The second-order valence-corrected chi connectivity index (χ2v) is 9.47. The van der Waals surface area contributed by atoms with Crippen LogP contribution in [0, 0.1) is 0 Å². The van der Waals surface area contributed by atoms with E-state index in [0.29, 0.717) is 17.4 Å². The van der Waals surface area contributed by atoms with Crippen molar-refractivity contribution in [3.63, 3.8) is 0 Å². The molecule has 0 atom stereocenters. The number of aromatic nitrogens is 1. The van der Waals surface area contributed by atoms with Gasteiger partial charge in [0.25, 0.3) is 10.1 Å². The summed E-state index contributed by atoms with van der Waals surface area (Å²) in [5.41, 5.74) is 2.12. The van der Waals surface area contributed by atoms with Gasteiger partial charge >= 0.3 is 5.97 Å². The van der Waals surface area contributed by atoms with Gasteiger partial charge in [0.15, 0.2) is 13.1 Å². The Morgan fingerprint density at radius 1 is 0.966 bits per heavy atom. The molecule has 0 saturated carbocycles. The summed E-state index contributed by atoms with van der Waals surface area (Å²) in [5, 5.41) is 10.5. The Balaban J connectivity index is 0.000000321. The van der Waals surface area contributed by atoms with E-state index in [2.05, 4.69) is 10.6 Å². The highest BCUT2D eigenvalue weighted by Gasteiger charge is 2.15. The summed E-state index contributed by atoms with van der Waals surface area (Å²) >= 11 is 0. The zero-order valence-corrected chi connectivity index (χ0v) is 17.8. The fourth-order valence-electron chi connectivity index (χ4n) is 3.06. The molecule has 0 radical (unpaired) electrons. The van der Waals surface area contributed by atoms with Crippen LogP contribution in [-0.2, 0) is 21.5 Å². The molecule has 1 aromatic heterocycles. The third-order valence-electron chi connectivity index (χ3n) is 4.16. The Bertz CT molecular complexity index is 1050. The Hall–Kier alpha value is -2.55. The molecule has 0 aliphatic heterocycles. The SMILES string of the molecule is C[N+](C)(C)CC(=O)O.O=S(=O)(O)CCC[n+]1c2ccccc2cc2ccccc21. The van der Waals surface area contributed by atoms with Gasteiger partial charge < -0.3 is 9.59 Å². The number of carbonyl (C=O) groups is 1. The molecule has 0 bridgehead atoms. The maximum atomic E-state index is 10.9. The number of fused-ring (bicyclic) bond motifs is 2. The predicted molar refractivity (Wildman–Crippen MR) is 113 cm³/mol. The summed E-state index contributed by atoms with van der Waals surface area (Å²) in [6, 6.07) is 18.2. The van der Waals surface area contributed by atoms with Crippen molar-refractivity contribution in [1.82, 2.24) is 0 Å². The zero-order chi connectivity index (χ0) is 21.7. The van der Waals surface area contributed by atoms with Crippen LogP contribution < -0.4 is 4.57 Å². The van der Waals surface area contributed by atoms with Gasteiger partial charge in [-0.1, -0.05) is 24.3 Å². The van der Waals surface area contributed by atoms with Gasteiger partial charge in [-0.15, -0.1) is 0 Å². The maximum absolute atomic E-state index is 10.9. The van der Waals surface area contributed by atoms with Crippen molar-refractivity contribution < 1.29 is 31.9 Å². The molecule has 29 heavy (non-hydrogen) atoms. The second kappa shape index (κ2) is 9.30. The number of carboxylic acid groups (broad SMARTS) is 1. The fraction of sp³-hybridized carbons (Fsp3) is 0.333. The normalized spacial score (nSPS) is 11.9. The van der Waals surface area contributed by atoms with Crippen molar-refractivity contribution in [2.24, 2.45) is 0 Å². The minimum atomic E-state index is -3.91. The zero-order valence-electron chi connectivity index (χ0n) is 16.9. The van der Waals surface area contributed by atoms with E-state index in [1.165, 1.54) is 0 Å². The number of para-hydroxylation sites is 2. The standard InChI is InChI=1S/C16H15NO3S.C5H11NO2/c18-21(19,20)11-5-10-17-15-8-3-1-6-13(15)12-14-7-2-4-9-16(14)17;1-6(2,3)4-5(7)8/h1-4,6-9,12H,5,10-11H2;4H2,1-3H3/p+2. The molecule has 1 heterocycles. The number of carboxylic acids is 1. The van der Waals surface area contributed by atoms with E-state index in [0.717, 1.165) is 21.8 Å². The molecule has 0 aliphatic carbocycles. The number of benzene rings is 2. The largest absolute Gasteiger partial charge is 0.477 e. The Labute approximate surface area is 171 Å². The smallest absolute Gasteiger partial charge is 0.359 e. The van der Waals surface area contributed by atoms with Crippen LogP contribution in [0.2, 0.25) is 0 Å². The van der Waals surface area contributed by atoms with Crippen molar-refractivity contribution >= 4 is 37.9 Å². The molecule has 0 unspecified atom stereocenters. The van der Waals surface area contributed by atoms with Crippen LogP contribution in [0.1, 0.15) is 6.42 Å². The molecule has 156 valence electrons. The average Bonchev–Trinajstić information content (AvgIpc) is 2.58. The lowest BCUT2D eigenvalue weighted by Crippen LogP contribution is -2.39. The molecule has 0 fully saturated rings. The summed E-state index contributed by atoms with van der Waals surface area (Å²) < 4.78 is 33.3. The Morgan fingerprint density at radius 3 is 1.83 bits per heavy atom. The second-order valence-electron chi connectivity index (χ2n) is 7.90. The van der Waals surface area contributed by atoms with Crippen LogP contribution in [0.4, 0.5) is 0 Å². The van der Waals surface area contributed by atoms with Crippen molar-refractivity contribution in [3.05, 3.63) is 54.6 Å². The molecule has 0 amide bonds. The van der Waals surface area contributed by atoms with Gasteiger partial charge in [-0.3, -0.25) is 4.55 Å². The first-order chi connectivity index (χ1) is 13.5. The molecule has 2 aromatic carbocycles.